The number of ether oxygens (including phenoxy) is 1. The lowest BCUT2D eigenvalue weighted by Crippen LogP contribution is -2.42. The Balaban J connectivity index is 2.49. The minimum Gasteiger partial charge on any atom is -0.443 e. The number of nitrogens with one attached hydrogen (secondary N) is 2. The number of aliphatic imine (C=N–C) groups is 1. The molecule has 0 aliphatic rings. The van der Waals surface area contributed by atoms with Gasteiger partial charge in [0.2, 0.25) is 5.89 Å². The summed E-state index contributed by atoms with van der Waals surface area (Å²) in [6.07, 6.45) is 1.16. The molecule has 0 aromatic carbocycles. The van der Waals surface area contributed by atoms with Gasteiger partial charge < -0.3 is 24.9 Å². The molecule has 1 atom stereocenters. The van der Waals surface area contributed by atoms with Crippen molar-refractivity contribution in [3.63, 3.8) is 0 Å². The molecule has 0 aliphatic heterocycles. The molecule has 1 aromatic heterocycles. The van der Waals surface area contributed by atoms with E-state index in [1.807, 2.05) is 6.92 Å². The Morgan fingerprint density at radius 3 is 2.60 bits per heavy atom. The van der Waals surface area contributed by atoms with Crippen molar-refractivity contribution < 1.29 is 14.3 Å². The molecule has 0 bridgehead atoms. The first-order valence-corrected chi connectivity index (χ1v) is 8.95. The molecule has 0 fully saturated rings. The molecule has 0 saturated carbocycles. The van der Waals surface area contributed by atoms with Crippen LogP contribution in [0.3, 0.4) is 0 Å². The van der Waals surface area contributed by atoms with E-state index in [1.54, 1.807) is 6.20 Å². The highest BCUT2D eigenvalue weighted by molar-refractivity contribution is 5.79. The number of guanidine groups is 1. The van der Waals surface area contributed by atoms with E-state index in [4.69, 9.17) is 9.15 Å². The summed E-state index contributed by atoms with van der Waals surface area (Å²) in [5.74, 6) is 2.48. The van der Waals surface area contributed by atoms with Gasteiger partial charge in [-0.1, -0.05) is 34.6 Å². The number of aliphatic hydroxyl groups is 1. The van der Waals surface area contributed by atoms with Gasteiger partial charge >= 0.3 is 0 Å². The van der Waals surface area contributed by atoms with Crippen molar-refractivity contribution in [3.05, 3.63) is 17.8 Å². The molecular formula is C18H34N4O3. The maximum Gasteiger partial charge on any atom is 0.216 e. The number of aromatic nitrogens is 1. The van der Waals surface area contributed by atoms with E-state index in [1.165, 1.54) is 0 Å². The van der Waals surface area contributed by atoms with Crippen molar-refractivity contribution in [3.8, 4) is 0 Å². The summed E-state index contributed by atoms with van der Waals surface area (Å²) >= 11 is 0. The summed E-state index contributed by atoms with van der Waals surface area (Å²) in [5.41, 5.74) is -0.0716. The lowest BCUT2D eigenvalue weighted by molar-refractivity contribution is 0.0280. The predicted octanol–water partition coefficient (Wildman–Crippen LogP) is 2.06. The monoisotopic (exact) mass is 354 g/mol. The maximum absolute atomic E-state index is 9.96. The molecular weight excluding hydrogens is 320 g/mol. The van der Waals surface area contributed by atoms with Gasteiger partial charge in [-0.3, -0.25) is 0 Å². The predicted molar refractivity (Wildman–Crippen MR) is 99.7 cm³/mol. The van der Waals surface area contributed by atoms with Crippen LogP contribution in [0.5, 0.6) is 0 Å². The van der Waals surface area contributed by atoms with E-state index < -0.39 is 6.10 Å². The van der Waals surface area contributed by atoms with Crippen molar-refractivity contribution in [2.45, 2.75) is 59.6 Å². The summed E-state index contributed by atoms with van der Waals surface area (Å²) < 4.78 is 11.2. The number of rotatable bonds is 9. The highest BCUT2D eigenvalue weighted by Crippen LogP contribution is 2.22. The number of nitrogens with zero attached hydrogens (tertiary/aromatic N) is 2. The highest BCUT2D eigenvalue weighted by Gasteiger charge is 2.19. The van der Waals surface area contributed by atoms with E-state index >= 15 is 0 Å². The van der Waals surface area contributed by atoms with Crippen molar-refractivity contribution in [2.75, 3.05) is 26.3 Å². The van der Waals surface area contributed by atoms with E-state index in [0.717, 1.165) is 12.3 Å². The molecule has 0 amide bonds. The van der Waals surface area contributed by atoms with Crippen molar-refractivity contribution in [2.24, 2.45) is 10.9 Å². The molecule has 0 radical (unpaired) electrons. The van der Waals surface area contributed by atoms with Crippen LogP contribution in [0.15, 0.2) is 15.6 Å². The Morgan fingerprint density at radius 2 is 2.04 bits per heavy atom. The normalized spacial score (nSPS) is 14.0. The molecule has 0 saturated heterocycles. The minimum atomic E-state index is -0.586. The van der Waals surface area contributed by atoms with Crippen molar-refractivity contribution in [1.82, 2.24) is 15.6 Å². The third-order valence-corrected chi connectivity index (χ3v) is 3.28. The summed E-state index contributed by atoms with van der Waals surface area (Å²) in [6.45, 7) is 14.8. The lowest BCUT2D eigenvalue weighted by Gasteiger charge is -2.16. The molecule has 144 valence electrons. The third-order valence-electron chi connectivity index (χ3n) is 3.28. The van der Waals surface area contributed by atoms with E-state index in [-0.39, 0.29) is 5.41 Å². The second-order valence-corrected chi connectivity index (χ2v) is 7.53. The van der Waals surface area contributed by atoms with Gasteiger partial charge in [0.15, 0.2) is 5.96 Å². The lowest BCUT2D eigenvalue weighted by atomic mass is 9.94. The molecule has 1 rings (SSSR count). The summed E-state index contributed by atoms with van der Waals surface area (Å²) in [7, 11) is 0. The summed E-state index contributed by atoms with van der Waals surface area (Å²) in [4.78, 5) is 8.71. The topological polar surface area (TPSA) is 91.9 Å². The zero-order valence-corrected chi connectivity index (χ0v) is 16.4. The van der Waals surface area contributed by atoms with Gasteiger partial charge in [0.1, 0.15) is 12.3 Å². The van der Waals surface area contributed by atoms with E-state index in [0.29, 0.717) is 44.1 Å². The fourth-order valence-electron chi connectivity index (χ4n) is 1.93. The van der Waals surface area contributed by atoms with Crippen LogP contribution >= 0.6 is 0 Å². The number of hydrogen-bond acceptors (Lipinski definition) is 5. The SMILES string of the molecule is CCNC(=NCc1ncc(C(C)(C)C)o1)NCC(O)COCC(C)C. The van der Waals surface area contributed by atoms with Crippen LogP contribution in [-0.4, -0.2) is 48.5 Å². The Labute approximate surface area is 151 Å². The number of oxazole rings is 1. The molecule has 1 unspecified atom stereocenters. The molecule has 1 heterocycles. The van der Waals surface area contributed by atoms with Crippen LogP contribution in [0.1, 0.15) is 53.2 Å². The second-order valence-electron chi connectivity index (χ2n) is 7.53. The quantitative estimate of drug-likeness (QED) is 0.464. The number of aliphatic hydroxyl groups excluding tert-OH is 1. The Kier molecular flexibility index (Phi) is 8.92. The highest BCUT2D eigenvalue weighted by atomic mass is 16.5. The summed E-state index contributed by atoms with van der Waals surface area (Å²) in [6, 6.07) is 0. The van der Waals surface area contributed by atoms with Gasteiger partial charge in [0, 0.05) is 25.1 Å². The van der Waals surface area contributed by atoms with Crippen LogP contribution in [0.2, 0.25) is 0 Å². The fourth-order valence-corrected chi connectivity index (χ4v) is 1.93. The Hall–Kier alpha value is -1.60. The average Bonchev–Trinajstić information content (AvgIpc) is 2.99. The van der Waals surface area contributed by atoms with Crippen LogP contribution < -0.4 is 10.6 Å². The largest absolute Gasteiger partial charge is 0.443 e. The molecule has 7 nitrogen and oxygen atoms in total. The van der Waals surface area contributed by atoms with Gasteiger partial charge in [-0.05, 0) is 12.8 Å². The van der Waals surface area contributed by atoms with Crippen LogP contribution in [0.25, 0.3) is 0 Å². The van der Waals surface area contributed by atoms with Crippen molar-refractivity contribution >= 4 is 5.96 Å². The Morgan fingerprint density at radius 1 is 1.32 bits per heavy atom. The standard InChI is InChI=1S/C18H34N4O3/c1-7-19-17(21-8-14(23)12-24-11-13(2)3)22-10-16-20-9-15(25-16)18(4,5)6/h9,13-14,23H,7-8,10-12H2,1-6H3,(H2,19,21,22). The zero-order valence-electron chi connectivity index (χ0n) is 16.4. The maximum atomic E-state index is 9.96. The minimum absolute atomic E-state index is 0.0716. The first-order chi connectivity index (χ1) is 11.7. The molecule has 3 N–H and O–H groups in total. The van der Waals surface area contributed by atoms with Gasteiger partial charge in [0.05, 0.1) is 18.9 Å². The molecule has 0 spiro atoms. The smallest absolute Gasteiger partial charge is 0.216 e. The molecule has 7 heteroatoms. The molecule has 1 aromatic rings. The first kappa shape index (κ1) is 21.4. The van der Waals surface area contributed by atoms with Crippen LogP contribution in [0.4, 0.5) is 0 Å². The van der Waals surface area contributed by atoms with Gasteiger partial charge in [-0.25, -0.2) is 9.98 Å². The van der Waals surface area contributed by atoms with Gasteiger partial charge in [-0.15, -0.1) is 0 Å². The van der Waals surface area contributed by atoms with E-state index in [2.05, 4.69) is 55.2 Å². The van der Waals surface area contributed by atoms with Crippen LogP contribution in [0, 0.1) is 5.92 Å². The van der Waals surface area contributed by atoms with Gasteiger partial charge in [0.25, 0.3) is 0 Å². The first-order valence-electron chi connectivity index (χ1n) is 8.95. The van der Waals surface area contributed by atoms with Crippen LogP contribution in [-0.2, 0) is 16.7 Å². The fraction of sp³-hybridized carbons (Fsp3) is 0.778. The molecule has 25 heavy (non-hydrogen) atoms. The Bertz CT molecular complexity index is 521. The van der Waals surface area contributed by atoms with Gasteiger partial charge in [-0.2, -0.15) is 0 Å². The summed E-state index contributed by atoms with van der Waals surface area (Å²) in [5, 5.41) is 16.2. The van der Waals surface area contributed by atoms with Crippen molar-refractivity contribution in [1.29, 1.82) is 0 Å². The molecule has 0 aliphatic carbocycles. The second kappa shape index (κ2) is 10.4. The zero-order chi connectivity index (χ0) is 18.9. The number of hydrogen-bond donors (Lipinski definition) is 3. The third kappa shape index (κ3) is 8.88. The van der Waals surface area contributed by atoms with E-state index in [9.17, 15) is 5.11 Å². The average molecular weight is 354 g/mol.